The summed E-state index contributed by atoms with van der Waals surface area (Å²) in [5.74, 6) is 3.99. The molecule has 0 spiro atoms. The van der Waals surface area contributed by atoms with E-state index in [-0.39, 0.29) is 0 Å². The number of imidazole rings is 1. The highest BCUT2D eigenvalue weighted by molar-refractivity contribution is 5.76. The molecule has 1 aliphatic rings. The van der Waals surface area contributed by atoms with Crippen molar-refractivity contribution < 1.29 is 4.74 Å². The molecule has 8 heteroatoms. The molecule has 0 aliphatic heterocycles. The Bertz CT molecular complexity index is 1160. The number of fused-ring (bicyclic) bond motifs is 1. The van der Waals surface area contributed by atoms with Crippen LogP contribution >= 0.6 is 0 Å². The molecule has 1 aliphatic carbocycles. The fourth-order valence-corrected chi connectivity index (χ4v) is 3.86. The molecular formula is C20H21N7O. The van der Waals surface area contributed by atoms with Gasteiger partial charge in [-0.1, -0.05) is 12.1 Å². The van der Waals surface area contributed by atoms with Gasteiger partial charge in [0.2, 0.25) is 0 Å². The summed E-state index contributed by atoms with van der Waals surface area (Å²) in [6, 6.07) is 10.3. The van der Waals surface area contributed by atoms with E-state index in [2.05, 4.69) is 38.8 Å². The molecule has 1 fully saturated rings. The second-order valence-corrected chi connectivity index (χ2v) is 7.19. The van der Waals surface area contributed by atoms with Crippen molar-refractivity contribution in [2.24, 2.45) is 7.05 Å². The van der Waals surface area contributed by atoms with Crippen molar-refractivity contribution in [2.75, 3.05) is 7.11 Å². The van der Waals surface area contributed by atoms with Crippen LogP contribution in [-0.2, 0) is 18.4 Å². The summed E-state index contributed by atoms with van der Waals surface area (Å²) in [7, 11) is 3.73. The number of methoxy groups -OCH3 is 1. The first kappa shape index (κ1) is 17.0. The van der Waals surface area contributed by atoms with Crippen molar-refractivity contribution in [3.8, 4) is 5.82 Å². The minimum absolute atomic E-state index is 0.338. The van der Waals surface area contributed by atoms with E-state index in [0.29, 0.717) is 24.3 Å². The summed E-state index contributed by atoms with van der Waals surface area (Å²) in [6.07, 6.45) is 2.56. The summed E-state index contributed by atoms with van der Waals surface area (Å²) in [5, 5.41) is 4.31. The van der Waals surface area contributed by atoms with Crippen molar-refractivity contribution in [1.29, 1.82) is 0 Å². The number of nitrogens with zero attached hydrogens (tertiary/aromatic N) is 7. The van der Waals surface area contributed by atoms with Gasteiger partial charge < -0.3 is 9.30 Å². The highest BCUT2D eigenvalue weighted by Gasteiger charge is 2.44. The second-order valence-electron chi connectivity index (χ2n) is 7.19. The third-order valence-electron chi connectivity index (χ3n) is 5.28. The maximum Gasteiger partial charge on any atom is 0.159 e. The number of aromatic nitrogens is 7. The summed E-state index contributed by atoms with van der Waals surface area (Å²) in [5.41, 5.74) is 3.23. The molecule has 2 atom stereocenters. The Labute approximate surface area is 162 Å². The highest BCUT2D eigenvalue weighted by atomic mass is 16.5. The monoisotopic (exact) mass is 375 g/mol. The lowest BCUT2D eigenvalue weighted by molar-refractivity contribution is 0.175. The molecule has 0 amide bonds. The maximum absolute atomic E-state index is 5.21. The fourth-order valence-electron chi connectivity index (χ4n) is 3.86. The van der Waals surface area contributed by atoms with Crippen LogP contribution in [0.15, 0.2) is 36.7 Å². The Kier molecular flexibility index (Phi) is 3.94. The molecule has 0 radical (unpaired) electrons. The molecule has 1 aromatic carbocycles. The molecule has 8 nitrogen and oxygen atoms in total. The Morgan fingerprint density at radius 1 is 1.14 bits per heavy atom. The van der Waals surface area contributed by atoms with Crippen LogP contribution in [0.4, 0.5) is 0 Å². The SMILES string of the molecule is COCc1ncnn1-c1cc([C@@H]2C[C@H]2c2nc3ccccc3n2C)nc(C)n1. The molecule has 0 bridgehead atoms. The lowest BCUT2D eigenvalue weighted by Crippen LogP contribution is -2.09. The molecule has 142 valence electrons. The number of rotatable bonds is 5. The van der Waals surface area contributed by atoms with Crippen LogP contribution in [-0.4, -0.2) is 41.4 Å². The van der Waals surface area contributed by atoms with Crippen LogP contribution < -0.4 is 0 Å². The first-order valence-electron chi connectivity index (χ1n) is 9.31. The van der Waals surface area contributed by atoms with Gasteiger partial charge in [-0.15, -0.1) is 0 Å². The van der Waals surface area contributed by atoms with E-state index in [4.69, 9.17) is 14.7 Å². The molecule has 4 aromatic rings. The predicted molar refractivity (Wildman–Crippen MR) is 103 cm³/mol. The number of ether oxygens (including phenoxy) is 1. The van der Waals surface area contributed by atoms with Crippen LogP contribution in [0.3, 0.4) is 0 Å². The van der Waals surface area contributed by atoms with Gasteiger partial charge in [-0.2, -0.15) is 9.78 Å². The van der Waals surface area contributed by atoms with Crippen molar-refractivity contribution in [3.63, 3.8) is 0 Å². The molecule has 0 unspecified atom stereocenters. The Morgan fingerprint density at radius 2 is 2.00 bits per heavy atom. The topological polar surface area (TPSA) is 83.5 Å². The summed E-state index contributed by atoms with van der Waals surface area (Å²) < 4.78 is 9.12. The van der Waals surface area contributed by atoms with Gasteiger partial charge in [-0.25, -0.2) is 19.9 Å². The average molecular weight is 375 g/mol. The number of benzene rings is 1. The number of aryl methyl sites for hydroxylation is 2. The smallest absolute Gasteiger partial charge is 0.159 e. The molecule has 1 saturated carbocycles. The largest absolute Gasteiger partial charge is 0.377 e. The van der Waals surface area contributed by atoms with Gasteiger partial charge in [0.25, 0.3) is 0 Å². The normalized spacial score (nSPS) is 18.7. The predicted octanol–water partition coefficient (Wildman–Crippen LogP) is 2.67. The van der Waals surface area contributed by atoms with Crippen LogP contribution in [0, 0.1) is 6.92 Å². The maximum atomic E-state index is 5.21. The van der Waals surface area contributed by atoms with Gasteiger partial charge in [0.15, 0.2) is 11.6 Å². The molecule has 3 aromatic heterocycles. The van der Waals surface area contributed by atoms with Gasteiger partial charge in [0, 0.05) is 32.1 Å². The van der Waals surface area contributed by atoms with Gasteiger partial charge >= 0.3 is 0 Å². The molecule has 0 saturated heterocycles. The molecule has 28 heavy (non-hydrogen) atoms. The number of hydrogen-bond acceptors (Lipinski definition) is 6. The van der Waals surface area contributed by atoms with Crippen LogP contribution in [0.2, 0.25) is 0 Å². The van der Waals surface area contributed by atoms with E-state index in [9.17, 15) is 0 Å². The van der Waals surface area contributed by atoms with Crippen molar-refractivity contribution in [3.05, 3.63) is 59.8 Å². The van der Waals surface area contributed by atoms with E-state index in [1.54, 1.807) is 11.8 Å². The summed E-state index contributed by atoms with van der Waals surface area (Å²) in [6.45, 7) is 2.29. The van der Waals surface area contributed by atoms with Gasteiger partial charge in [-0.05, 0) is 25.5 Å². The van der Waals surface area contributed by atoms with E-state index < -0.39 is 0 Å². The molecular weight excluding hydrogens is 354 g/mol. The third kappa shape index (κ3) is 2.77. The fraction of sp³-hybridized carbons (Fsp3) is 0.350. The van der Waals surface area contributed by atoms with Crippen LogP contribution in [0.25, 0.3) is 16.9 Å². The van der Waals surface area contributed by atoms with E-state index in [1.807, 2.05) is 25.1 Å². The summed E-state index contributed by atoms with van der Waals surface area (Å²) >= 11 is 0. The zero-order chi connectivity index (χ0) is 19.3. The zero-order valence-corrected chi connectivity index (χ0v) is 16.1. The van der Waals surface area contributed by atoms with E-state index >= 15 is 0 Å². The standard InChI is InChI=1S/C20H21N7O/c1-12-23-16(9-18(24-12)27-19(10-28-3)21-11-22-27)13-8-14(13)20-25-15-6-4-5-7-17(15)26(20)2/h4-7,9,11,13-14H,8,10H2,1-3H3/t13-,14-/m1/s1. The Balaban J connectivity index is 1.48. The third-order valence-corrected chi connectivity index (χ3v) is 5.28. The minimum Gasteiger partial charge on any atom is -0.377 e. The lowest BCUT2D eigenvalue weighted by Gasteiger charge is -2.08. The lowest BCUT2D eigenvalue weighted by atomic mass is 10.2. The van der Waals surface area contributed by atoms with Gasteiger partial charge in [0.1, 0.15) is 24.6 Å². The highest BCUT2D eigenvalue weighted by Crippen LogP contribution is 2.54. The average Bonchev–Trinajstić information content (AvgIpc) is 3.23. The quantitative estimate of drug-likeness (QED) is 0.533. The first-order valence-corrected chi connectivity index (χ1v) is 9.31. The van der Waals surface area contributed by atoms with E-state index in [1.165, 1.54) is 6.33 Å². The van der Waals surface area contributed by atoms with Crippen molar-refractivity contribution in [2.45, 2.75) is 31.8 Å². The Hall–Kier alpha value is -3.13. The zero-order valence-electron chi connectivity index (χ0n) is 16.1. The van der Waals surface area contributed by atoms with E-state index in [0.717, 1.165) is 40.6 Å². The first-order chi connectivity index (χ1) is 13.7. The van der Waals surface area contributed by atoms with Gasteiger partial charge in [-0.3, -0.25) is 0 Å². The molecule has 3 heterocycles. The minimum atomic E-state index is 0.338. The van der Waals surface area contributed by atoms with Crippen LogP contribution in [0.5, 0.6) is 0 Å². The van der Waals surface area contributed by atoms with Crippen molar-refractivity contribution >= 4 is 11.0 Å². The number of hydrogen-bond donors (Lipinski definition) is 0. The number of para-hydroxylation sites is 2. The second kappa shape index (κ2) is 6.49. The van der Waals surface area contributed by atoms with Gasteiger partial charge in [0.05, 0.1) is 16.7 Å². The van der Waals surface area contributed by atoms with Crippen molar-refractivity contribution in [1.82, 2.24) is 34.3 Å². The molecule has 0 N–H and O–H groups in total. The van der Waals surface area contributed by atoms with Crippen LogP contribution in [0.1, 0.15) is 41.4 Å². The molecule has 5 rings (SSSR count). The Morgan fingerprint density at radius 3 is 2.82 bits per heavy atom. The summed E-state index contributed by atoms with van der Waals surface area (Å²) in [4.78, 5) is 18.4.